The Labute approximate surface area is 89.4 Å². The van der Waals surface area contributed by atoms with E-state index in [1.165, 1.54) is 0 Å². The number of ether oxygens (including phenoxy) is 2. The molecule has 5 heteroatoms. The third-order valence-corrected chi connectivity index (χ3v) is 1.22. The maximum absolute atomic E-state index is 11.1. The molecule has 0 aliphatic rings. The van der Waals surface area contributed by atoms with E-state index in [0.717, 1.165) is 0 Å². The Kier molecular flexibility index (Phi) is 5.28. The van der Waals surface area contributed by atoms with Crippen molar-refractivity contribution in [3.63, 3.8) is 0 Å². The Morgan fingerprint density at radius 3 is 2.13 bits per heavy atom. The number of hydrogen-bond donors (Lipinski definition) is 1. The van der Waals surface area contributed by atoms with E-state index >= 15 is 0 Å². The maximum atomic E-state index is 11.1. The van der Waals surface area contributed by atoms with Crippen LogP contribution in [0.5, 0.6) is 0 Å². The number of esters is 2. The van der Waals surface area contributed by atoms with Crippen LogP contribution in [-0.4, -0.2) is 28.9 Å². The van der Waals surface area contributed by atoms with Crippen LogP contribution >= 0.6 is 0 Å². The van der Waals surface area contributed by atoms with Crippen LogP contribution in [0.4, 0.5) is 0 Å². The van der Waals surface area contributed by atoms with Crippen molar-refractivity contribution >= 4 is 11.9 Å². The molecule has 1 atom stereocenters. The summed E-state index contributed by atoms with van der Waals surface area (Å²) in [6.45, 7) is 8.28. The first kappa shape index (κ1) is 13.9. The lowest BCUT2D eigenvalue weighted by molar-refractivity contribution is -0.165. The standard InChI is InChI=1S/C10H17O5/c1-7(11)14-8(12)5-6-9(13)15-10(2,3)4/h7,11H,1,5-6H2,2-4H3. The van der Waals surface area contributed by atoms with Gasteiger partial charge in [-0.2, -0.15) is 0 Å². The average Bonchev–Trinajstić information content (AvgIpc) is 1.96. The largest absolute Gasteiger partial charge is 0.460 e. The molecule has 1 unspecified atom stereocenters. The Morgan fingerprint density at radius 1 is 1.27 bits per heavy atom. The van der Waals surface area contributed by atoms with Gasteiger partial charge in [0.2, 0.25) is 6.29 Å². The second kappa shape index (κ2) is 5.70. The summed E-state index contributed by atoms with van der Waals surface area (Å²) in [5, 5.41) is 8.60. The molecule has 1 radical (unpaired) electrons. The minimum absolute atomic E-state index is 0.0666. The quantitative estimate of drug-likeness (QED) is 0.557. The molecule has 0 aliphatic heterocycles. The van der Waals surface area contributed by atoms with Crippen molar-refractivity contribution in [2.45, 2.75) is 45.5 Å². The third kappa shape index (κ3) is 9.21. The van der Waals surface area contributed by atoms with Gasteiger partial charge >= 0.3 is 11.9 Å². The summed E-state index contributed by atoms with van der Waals surface area (Å²) in [4.78, 5) is 22.0. The van der Waals surface area contributed by atoms with Crippen molar-refractivity contribution in [2.24, 2.45) is 0 Å². The molecular weight excluding hydrogens is 200 g/mol. The molecule has 0 saturated carbocycles. The lowest BCUT2D eigenvalue weighted by Crippen LogP contribution is -2.24. The average molecular weight is 217 g/mol. The van der Waals surface area contributed by atoms with E-state index in [4.69, 9.17) is 9.84 Å². The van der Waals surface area contributed by atoms with Crippen molar-refractivity contribution in [3.05, 3.63) is 6.92 Å². The molecule has 0 aromatic heterocycles. The Bertz CT molecular complexity index is 226. The van der Waals surface area contributed by atoms with E-state index in [2.05, 4.69) is 11.7 Å². The number of carbonyl (C=O) groups is 2. The lowest BCUT2D eigenvalue weighted by atomic mass is 10.2. The molecule has 0 heterocycles. The number of hydrogen-bond acceptors (Lipinski definition) is 5. The van der Waals surface area contributed by atoms with Gasteiger partial charge in [-0.05, 0) is 20.8 Å². The summed E-state index contributed by atoms with van der Waals surface area (Å²) in [6, 6.07) is 0. The zero-order valence-electron chi connectivity index (χ0n) is 9.28. The van der Waals surface area contributed by atoms with Gasteiger partial charge in [-0.15, -0.1) is 0 Å². The number of carbonyl (C=O) groups excluding carboxylic acids is 2. The normalized spacial score (nSPS) is 13.1. The fourth-order valence-electron chi connectivity index (χ4n) is 0.807. The molecular formula is C10H17O5. The summed E-state index contributed by atoms with van der Waals surface area (Å²) in [6.07, 6.45) is -1.58. The van der Waals surface area contributed by atoms with E-state index in [1.807, 2.05) is 0 Å². The molecule has 0 spiro atoms. The first-order valence-electron chi connectivity index (χ1n) is 4.63. The first-order chi connectivity index (χ1) is 6.70. The lowest BCUT2D eigenvalue weighted by Gasteiger charge is -2.19. The van der Waals surface area contributed by atoms with Crippen LogP contribution in [0.1, 0.15) is 33.6 Å². The molecule has 0 aliphatic carbocycles. The predicted molar refractivity (Wildman–Crippen MR) is 52.5 cm³/mol. The highest BCUT2D eigenvalue weighted by Crippen LogP contribution is 2.09. The fraction of sp³-hybridized carbons (Fsp3) is 0.700. The van der Waals surface area contributed by atoms with Crippen molar-refractivity contribution in [2.75, 3.05) is 0 Å². The zero-order valence-corrected chi connectivity index (χ0v) is 9.28. The highest BCUT2D eigenvalue weighted by Gasteiger charge is 2.17. The minimum Gasteiger partial charge on any atom is -0.460 e. The molecule has 0 fully saturated rings. The number of aliphatic hydroxyl groups excluding tert-OH is 1. The SMILES string of the molecule is [CH2]C(O)OC(=O)CCC(=O)OC(C)(C)C. The van der Waals surface area contributed by atoms with E-state index in [0.29, 0.717) is 0 Å². The van der Waals surface area contributed by atoms with Gasteiger partial charge in [-0.1, -0.05) is 0 Å². The molecule has 0 aromatic rings. The summed E-state index contributed by atoms with van der Waals surface area (Å²) < 4.78 is 9.30. The second-order valence-electron chi connectivity index (χ2n) is 4.03. The summed E-state index contributed by atoms with van der Waals surface area (Å²) in [5.41, 5.74) is -0.563. The van der Waals surface area contributed by atoms with Gasteiger partial charge in [-0.25, -0.2) is 0 Å². The van der Waals surface area contributed by atoms with E-state index in [9.17, 15) is 9.59 Å². The minimum atomic E-state index is -1.39. The van der Waals surface area contributed by atoms with Gasteiger partial charge in [-0.3, -0.25) is 9.59 Å². The smallest absolute Gasteiger partial charge is 0.308 e. The van der Waals surface area contributed by atoms with Crippen LogP contribution in [0.2, 0.25) is 0 Å². The van der Waals surface area contributed by atoms with Crippen LogP contribution in [0.3, 0.4) is 0 Å². The van der Waals surface area contributed by atoms with Gasteiger partial charge in [0.25, 0.3) is 0 Å². The molecule has 0 rings (SSSR count). The monoisotopic (exact) mass is 217 g/mol. The van der Waals surface area contributed by atoms with Gasteiger partial charge in [0.1, 0.15) is 5.60 Å². The molecule has 0 aromatic carbocycles. The first-order valence-corrected chi connectivity index (χ1v) is 4.63. The highest BCUT2D eigenvalue weighted by molar-refractivity contribution is 5.77. The van der Waals surface area contributed by atoms with Crippen LogP contribution < -0.4 is 0 Å². The molecule has 87 valence electrons. The van der Waals surface area contributed by atoms with Crippen molar-refractivity contribution in [1.29, 1.82) is 0 Å². The third-order valence-electron chi connectivity index (χ3n) is 1.22. The van der Waals surface area contributed by atoms with Gasteiger partial charge in [0, 0.05) is 6.92 Å². The van der Waals surface area contributed by atoms with Crippen LogP contribution in [0.15, 0.2) is 0 Å². The molecule has 15 heavy (non-hydrogen) atoms. The summed E-state index contributed by atoms with van der Waals surface area (Å²) in [5.74, 6) is -1.15. The van der Waals surface area contributed by atoms with Crippen LogP contribution in [0.25, 0.3) is 0 Å². The summed E-state index contributed by atoms with van der Waals surface area (Å²) in [7, 11) is 0. The molecule has 0 bridgehead atoms. The highest BCUT2D eigenvalue weighted by atomic mass is 16.6. The van der Waals surface area contributed by atoms with Gasteiger partial charge in [0.15, 0.2) is 0 Å². The zero-order chi connectivity index (χ0) is 12.1. The van der Waals surface area contributed by atoms with E-state index < -0.39 is 23.8 Å². The van der Waals surface area contributed by atoms with Crippen LogP contribution in [0, 0.1) is 6.92 Å². The van der Waals surface area contributed by atoms with Crippen molar-refractivity contribution in [3.8, 4) is 0 Å². The maximum Gasteiger partial charge on any atom is 0.308 e. The van der Waals surface area contributed by atoms with E-state index in [1.54, 1.807) is 20.8 Å². The Morgan fingerprint density at radius 2 is 1.73 bits per heavy atom. The predicted octanol–water partition coefficient (Wildman–Crippen LogP) is 0.804. The molecule has 0 saturated heterocycles. The molecule has 5 nitrogen and oxygen atoms in total. The van der Waals surface area contributed by atoms with E-state index in [-0.39, 0.29) is 12.8 Å². The van der Waals surface area contributed by atoms with Gasteiger partial charge < -0.3 is 14.6 Å². The van der Waals surface area contributed by atoms with Crippen LogP contribution in [-0.2, 0) is 19.1 Å². The molecule has 0 amide bonds. The summed E-state index contributed by atoms with van der Waals surface area (Å²) >= 11 is 0. The number of aliphatic hydroxyl groups is 1. The van der Waals surface area contributed by atoms with Crippen molar-refractivity contribution < 1.29 is 24.2 Å². The molecule has 1 N–H and O–H groups in total. The Balaban J connectivity index is 3.77. The van der Waals surface area contributed by atoms with Gasteiger partial charge in [0.05, 0.1) is 12.8 Å². The topological polar surface area (TPSA) is 72.8 Å². The fourth-order valence-corrected chi connectivity index (χ4v) is 0.807. The Hall–Kier alpha value is -1.10. The van der Waals surface area contributed by atoms with Crippen molar-refractivity contribution in [1.82, 2.24) is 0 Å². The second-order valence-corrected chi connectivity index (χ2v) is 4.03. The number of rotatable bonds is 4.